The van der Waals surface area contributed by atoms with E-state index in [0.717, 1.165) is 60.1 Å². The molecule has 0 fully saturated rings. The molecule has 0 atom stereocenters. The van der Waals surface area contributed by atoms with Crippen LogP contribution in [-0.2, 0) is 0 Å². The summed E-state index contributed by atoms with van der Waals surface area (Å²) in [6, 6.07) is 21.9. The zero-order valence-corrected chi connectivity index (χ0v) is 39.0. The number of ketones is 4. The molecule has 8 rings (SSSR count). The number of rotatable bonds is 8. The first-order chi connectivity index (χ1) is 30.6. The first-order valence-electron chi connectivity index (χ1n) is 22.5. The molecule has 0 N–H and O–H groups in total. The van der Waals surface area contributed by atoms with E-state index < -0.39 is 0 Å². The molecule has 344 valence electrons. The van der Waals surface area contributed by atoms with Crippen molar-refractivity contribution >= 4 is 28.8 Å². The molecule has 0 radical (unpaired) electrons. The van der Waals surface area contributed by atoms with Gasteiger partial charge in [-0.25, -0.2) is 0 Å². The van der Waals surface area contributed by atoms with Crippen LogP contribution in [0, 0.1) is 23.7 Å². The first-order valence-corrected chi connectivity index (χ1v) is 22.5. The van der Waals surface area contributed by atoms with Gasteiger partial charge in [-0.05, 0) is 85.6 Å². The standard InChI is InChI=1S/C14H18O3.C13H17NO2.C13H16O3.C12H14O3/c1-10(2)14(15)11-5-6-12-13(9-11)17-8-4-3-7-16-12;1-9(2)13(15)10-4-5-11-12(8-10)16-7-6-14(11)3;1-9(2)13(14)10-4-5-11-12(8-10)16-7-3-6-15-11;1-8(2)12(13)9-3-4-10-11(7-9)15-6-5-14-10/h5-6,9-10H,3-4,7-8H2,1-2H3;4-5,8-9H,6-7H2,1-3H3;4-5,8-9H,3,6-7H2,1-2H3;3-4,7-8H,5-6H2,1-2H3. The number of carbonyl (C=O) groups is 4. The Bertz CT molecular complexity index is 2230. The van der Waals surface area contributed by atoms with Crippen LogP contribution in [0.1, 0.15) is 116 Å². The maximum atomic E-state index is 11.9. The molecule has 12 heteroatoms. The monoisotopic (exact) mass is 879 g/mol. The van der Waals surface area contributed by atoms with Crippen LogP contribution in [0.25, 0.3) is 0 Å². The smallest absolute Gasteiger partial charge is 0.165 e. The predicted octanol–water partition coefficient (Wildman–Crippen LogP) is 10.4. The number of hydrogen-bond donors (Lipinski definition) is 0. The van der Waals surface area contributed by atoms with Gasteiger partial charge in [0.1, 0.15) is 25.6 Å². The molecule has 0 saturated heterocycles. The molecule has 12 nitrogen and oxygen atoms in total. The lowest BCUT2D eigenvalue weighted by Gasteiger charge is -2.27. The second-order valence-electron chi connectivity index (χ2n) is 17.2. The Hall–Kier alpha value is -6.04. The second-order valence-corrected chi connectivity index (χ2v) is 17.2. The molecule has 4 aromatic rings. The van der Waals surface area contributed by atoms with E-state index in [1.807, 2.05) is 98.8 Å². The van der Waals surface area contributed by atoms with Gasteiger partial charge >= 0.3 is 0 Å². The van der Waals surface area contributed by atoms with E-state index in [4.69, 9.17) is 33.2 Å². The van der Waals surface area contributed by atoms with Crippen LogP contribution < -0.4 is 38.1 Å². The molecule has 0 amide bonds. The van der Waals surface area contributed by atoms with Crippen LogP contribution >= 0.6 is 0 Å². The fourth-order valence-electron chi connectivity index (χ4n) is 6.82. The normalized spacial score (nSPS) is 14.7. The van der Waals surface area contributed by atoms with E-state index >= 15 is 0 Å². The summed E-state index contributed by atoms with van der Waals surface area (Å²) in [5.74, 6) is 5.68. The van der Waals surface area contributed by atoms with Gasteiger partial charge in [0.05, 0.1) is 38.7 Å². The van der Waals surface area contributed by atoms with Gasteiger partial charge < -0.3 is 38.1 Å². The molecule has 4 aliphatic heterocycles. The van der Waals surface area contributed by atoms with Crippen molar-refractivity contribution in [2.24, 2.45) is 23.7 Å². The van der Waals surface area contributed by atoms with Crippen LogP contribution in [-0.4, -0.2) is 83.0 Å². The maximum Gasteiger partial charge on any atom is 0.165 e. The van der Waals surface area contributed by atoms with Gasteiger partial charge in [0.25, 0.3) is 0 Å². The first kappa shape index (κ1) is 49.0. The van der Waals surface area contributed by atoms with Crippen LogP contribution in [0.15, 0.2) is 72.8 Å². The number of anilines is 1. The number of benzene rings is 4. The van der Waals surface area contributed by atoms with Gasteiger partial charge in [-0.15, -0.1) is 0 Å². The lowest BCUT2D eigenvalue weighted by molar-refractivity contribution is 0.0931. The average molecular weight is 880 g/mol. The minimum atomic E-state index is 0.00234. The van der Waals surface area contributed by atoms with Crippen molar-refractivity contribution in [3.8, 4) is 40.2 Å². The van der Waals surface area contributed by atoms with Gasteiger partial charge in [0.15, 0.2) is 57.6 Å². The van der Waals surface area contributed by atoms with E-state index in [1.54, 1.807) is 36.4 Å². The Morgan fingerprint density at radius 1 is 0.375 bits per heavy atom. The summed E-state index contributed by atoms with van der Waals surface area (Å²) in [7, 11) is 2.03. The summed E-state index contributed by atoms with van der Waals surface area (Å²) in [6.45, 7) is 20.6. The third-order valence-electron chi connectivity index (χ3n) is 10.6. The highest BCUT2D eigenvalue weighted by Gasteiger charge is 2.20. The lowest BCUT2D eigenvalue weighted by Crippen LogP contribution is -2.28. The van der Waals surface area contributed by atoms with Crippen LogP contribution in [0.2, 0.25) is 0 Å². The number of fused-ring (bicyclic) bond motifs is 4. The van der Waals surface area contributed by atoms with Crippen molar-refractivity contribution in [1.82, 2.24) is 0 Å². The number of Topliss-reactive ketones (excluding diaryl/α,β-unsaturated/α-hetero) is 4. The molecule has 0 spiro atoms. The third-order valence-corrected chi connectivity index (χ3v) is 10.6. The second kappa shape index (κ2) is 23.6. The zero-order chi connectivity index (χ0) is 46.3. The molecular formula is C52H65NO11. The van der Waals surface area contributed by atoms with Crippen molar-refractivity contribution in [1.29, 1.82) is 0 Å². The average Bonchev–Trinajstić information content (AvgIpc) is 3.54. The van der Waals surface area contributed by atoms with Gasteiger partial charge in [0.2, 0.25) is 0 Å². The highest BCUT2D eigenvalue weighted by atomic mass is 16.6. The molecule has 4 aromatic carbocycles. The molecule has 0 saturated carbocycles. The van der Waals surface area contributed by atoms with Crippen molar-refractivity contribution in [2.75, 3.05) is 64.7 Å². The van der Waals surface area contributed by atoms with E-state index in [1.165, 1.54) is 0 Å². The van der Waals surface area contributed by atoms with Crippen LogP contribution in [0.5, 0.6) is 40.2 Å². The van der Waals surface area contributed by atoms with E-state index in [-0.39, 0.29) is 46.8 Å². The van der Waals surface area contributed by atoms with Crippen molar-refractivity contribution in [3.63, 3.8) is 0 Å². The number of hydrogen-bond acceptors (Lipinski definition) is 12. The number of carbonyl (C=O) groups excluding carboxylic acids is 4. The molecular weight excluding hydrogens is 815 g/mol. The topological polar surface area (TPSA) is 136 Å². The number of nitrogens with zero attached hydrogens (tertiary/aromatic N) is 1. The Morgan fingerprint density at radius 2 is 0.672 bits per heavy atom. The highest BCUT2D eigenvalue weighted by molar-refractivity contribution is 6.00. The molecule has 64 heavy (non-hydrogen) atoms. The summed E-state index contributed by atoms with van der Waals surface area (Å²) < 4.78 is 38.6. The molecule has 0 bridgehead atoms. The fourth-order valence-corrected chi connectivity index (χ4v) is 6.82. The zero-order valence-electron chi connectivity index (χ0n) is 39.0. The van der Waals surface area contributed by atoms with E-state index in [9.17, 15) is 19.2 Å². The Balaban J connectivity index is 0.000000161. The Morgan fingerprint density at radius 3 is 1.06 bits per heavy atom. The summed E-state index contributed by atoms with van der Waals surface area (Å²) in [5.41, 5.74) is 3.88. The largest absolute Gasteiger partial charge is 0.490 e. The molecule has 4 aliphatic rings. The van der Waals surface area contributed by atoms with Crippen molar-refractivity contribution in [3.05, 3.63) is 95.1 Å². The van der Waals surface area contributed by atoms with Gasteiger partial charge in [-0.2, -0.15) is 0 Å². The summed E-state index contributed by atoms with van der Waals surface area (Å²) in [4.78, 5) is 49.4. The van der Waals surface area contributed by atoms with Crippen molar-refractivity contribution in [2.45, 2.75) is 74.7 Å². The third kappa shape index (κ3) is 13.5. The molecule has 0 aromatic heterocycles. The molecule has 0 aliphatic carbocycles. The quantitative estimate of drug-likeness (QED) is 0.156. The van der Waals surface area contributed by atoms with Gasteiger partial charge in [0, 0.05) is 59.4 Å². The predicted molar refractivity (Wildman–Crippen MR) is 248 cm³/mol. The van der Waals surface area contributed by atoms with E-state index in [2.05, 4.69) is 4.90 Å². The summed E-state index contributed by atoms with van der Waals surface area (Å²) in [6.07, 6.45) is 2.87. The summed E-state index contributed by atoms with van der Waals surface area (Å²) >= 11 is 0. The molecule has 0 unspecified atom stereocenters. The van der Waals surface area contributed by atoms with E-state index in [0.29, 0.717) is 80.2 Å². The van der Waals surface area contributed by atoms with Crippen LogP contribution in [0.3, 0.4) is 0 Å². The maximum absolute atomic E-state index is 11.9. The fraction of sp³-hybridized carbons (Fsp3) is 0.462. The minimum absolute atomic E-state index is 0.00234. The Kier molecular flexibility index (Phi) is 18.1. The highest BCUT2D eigenvalue weighted by Crippen LogP contribution is 2.34. The number of likely N-dealkylation sites (N-methyl/N-ethyl adjacent to an activating group) is 1. The lowest BCUT2D eigenvalue weighted by atomic mass is 10.0. The van der Waals surface area contributed by atoms with Crippen molar-refractivity contribution < 1.29 is 52.3 Å². The molecule has 4 heterocycles. The Labute approximate surface area is 378 Å². The minimum Gasteiger partial charge on any atom is -0.490 e. The number of ether oxygens (including phenoxy) is 7. The van der Waals surface area contributed by atoms with Crippen LogP contribution in [0.4, 0.5) is 5.69 Å². The summed E-state index contributed by atoms with van der Waals surface area (Å²) in [5, 5.41) is 0. The van der Waals surface area contributed by atoms with Gasteiger partial charge in [-0.3, -0.25) is 19.2 Å². The van der Waals surface area contributed by atoms with Gasteiger partial charge in [-0.1, -0.05) is 55.4 Å². The SMILES string of the molecule is CC(C)C(=O)c1ccc2c(c1)OCCCCO2.CC(C)C(=O)c1ccc2c(c1)OCCCO2.CC(C)C(=O)c1ccc2c(c1)OCCN2C.CC(C)C(=O)c1ccc2c(c1)OCCO2.